The van der Waals surface area contributed by atoms with Crippen molar-refractivity contribution in [2.45, 2.75) is 25.3 Å². The average Bonchev–Trinajstić information content (AvgIpc) is 3.36. The Morgan fingerprint density at radius 1 is 1.09 bits per heavy atom. The fourth-order valence-corrected chi connectivity index (χ4v) is 4.91. The Labute approximate surface area is 203 Å². The fourth-order valence-electron chi connectivity index (χ4n) is 4.91. The van der Waals surface area contributed by atoms with Crippen LogP contribution in [0, 0.1) is 5.92 Å². The van der Waals surface area contributed by atoms with E-state index < -0.39 is 5.91 Å². The molecule has 0 bridgehead atoms. The van der Waals surface area contributed by atoms with Crippen LogP contribution in [0.1, 0.15) is 29.6 Å². The SMILES string of the molecule is COc1ccc(-c2ccc3ncnc(N[C@H]4CCN(C(=O)C5CCOCC5)C4)c3c2)cc1C(N)=O. The summed E-state index contributed by atoms with van der Waals surface area (Å²) in [4.78, 5) is 35.7. The van der Waals surface area contributed by atoms with Gasteiger partial charge in [0.05, 0.1) is 18.2 Å². The van der Waals surface area contributed by atoms with E-state index in [0.29, 0.717) is 31.1 Å². The third-order valence-electron chi connectivity index (χ3n) is 6.84. The normalized spacial score (nSPS) is 18.5. The summed E-state index contributed by atoms with van der Waals surface area (Å²) in [5, 5.41) is 4.41. The van der Waals surface area contributed by atoms with Crippen molar-refractivity contribution in [1.29, 1.82) is 0 Å². The largest absolute Gasteiger partial charge is 0.496 e. The van der Waals surface area contributed by atoms with Crippen LogP contribution in [0.15, 0.2) is 42.7 Å². The van der Waals surface area contributed by atoms with Gasteiger partial charge in [-0.15, -0.1) is 0 Å². The number of primary amides is 1. The molecule has 2 saturated heterocycles. The summed E-state index contributed by atoms with van der Waals surface area (Å²) in [7, 11) is 1.51. The van der Waals surface area contributed by atoms with Gasteiger partial charge in [0.15, 0.2) is 0 Å². The van der Waals surface area contributed by atoms with Crippen molar-refractivity contribution in [3.63, 3.8) is 0 Å². The molecule has 0 aliphatic carbocycles. The Balaban J connectivity index is 1.37. The predicted molar refractivity (Wildman–Crippen MR) is 132 cm³/mol. The minimum absolute atomic E-state index is 0.0692. The number of hydrogen-bond acceptors (Lipinski definition) is 7. The smallest absolute Gasteiger partial charge is 0.252 e. The summed E-state index contributed by atoms with van der Waals surface area (Å²) in [6.07, 6.45) is 4.01. The first kappa shape index (κ1) is 23.0. The number of amides is 2. The van der Waals surface area contributed by atoms with Crippen molar-refractivity contribution in [1.82, 2.24) is 14.9 Å². The van der Waals surface area contributed by atoms with Gasteiger partial charge in [0.25, 0.3) is 5.91 Å². The van der Waals surface area contributed by atoms with E-state index in [9.17, 15) is 9.59 Å². The van der Waals surface area contributed by atoms with Gasteiger partial charge in [-0.05, 0) is 54.7 Å². The van der Waals surface area contributed by atoms with Gasteiger partial charge in [0.1, 0.15) is 17.9 Å². The molecule has 9 heteroatoms. The molecule has 35 heavy (non-hydrogen) atoms. The van der Waals surface area contributed by atoms with E-state index in [1.54, 1.807) is 18.5 Å². The third kappa shape index (κ3) is 4.77. The van der Waals surface area contributed by atoms with Crippen LogP contribution in [0.3, 0.4) is 0 Å². The lowest BCUT2D eigenvalue weighted by Gasteiger charge is -2.26. The molecule has 2 amide bonds. The maximum Gasteiger partial charge on any atom is 0.252 e. The number of hydrogen-bond donors (Lipinski definition) is 2. The lowest BCUT2D eigenvalue weighted by molar-refractivity contribution is -0.137. The molecule has 3 heterocycles. The predicted octanol–water partition coefficient (Wildman–Crippen LogP) is 2.84. The van der Waals surface area contributed by atoms with Gasteiger partial charge in [0, 0.05) is 43.6 Å². The summed E-state index contributed by atoms with van der Waals surface area (Å²) in [6, 6.07) is 11.4. The molecule has 2 fully saturated rings. The number of nitrogens with zero attached hydrogens (tertiary/aromatic N) is 3. The molecule has 0 unspecified atom stereocenters. The van der Waals surface area contributed by atoms with Crippen LogP contribution in [0.5, 0.6) is 5.75 Å². The van der Waals surface area contributed by atoms with Gasteiger partial charge in [0.2, 0.25) is 5.91 Å². The van der Waals surface area contributed by atoms with Crippen LogP contribution in [0.2, 0.25) is 0 Å². The van der Waals surface area contributed by atoms with Crippen LogP contribution < -0.4 is 15.8 Å². The second-order valence-corrected chi connectivity index (χ2v) is 9.03. The first-order valence-corrected chi connectivity index (χ1v) is 11.9. The lowest BCUT2D eigenvalue weighted by atomic mass is 9.99. The summed E-state index contributed by atoms with van der Waals surface area (Å²) in [5.41, 5.74) is 8.42. The lowest BCUT2D eigenvalue weighted by Crippen LogP contribution is -2.38. The van der Waals surface area contributed by atoms with Crippen LogP contribution >= 0.6 is 0 Å². The van der Waals surface area contributed by atoms with Gasteiger partial charge >= 0.3 is 0 Å². The van der Waals surface area contributed by atoms with E-state index in [2.05, 4.69) is 15.3 Å². The standard InChI is InChI=1S/C26H29N5O4/c1-34-23-5-3-18(13-21(23)24(27)32)17-2-4-22-20(12-17)25(29-15-28-22)30-19-6-9-31(14-19)26(33)16-7-10-35-11-8-16/h2-5,12-13,15-16,19H,6-11,14H2,1H3,(H2,27,32)(H,28,29,30)/t19-/m0/s1. The number of nitrogens with one attached hydrogen (secondary N) is 1. The van der Waals surface area contributed by atoms with E-state index in [1.165, 1.54) is 7.11 Å². The highest BCUT2D eigenvalue weighted by atomic mass is 16.5. The second-order valence-electron chi connectivity index (χ2n) is 9.03. The Hall–Kier alpha value is -3.72. The zero-order chi connectivity index (χ0) is 24.4. The number of carbonyl (C=O) groups is 2. The second kappa shape index (κ2) is 9.87. The number of carbonyl (C=O) groups excluding carboxylic acids is 2. The Morgan fingerprint density at radius 3 is 2.63 bits per heavy atom. The summed E-state index contributed by atoms with van der Waals surface area (Å²) in [6.45, 7) is 2.72. The summed E-state index contributed by atoms with van der Waals surface area (Å²) >= 11 is 0. The van der Waals surface area contributed by atoms with E-state index in [1.807, 2.05) is 29.2 Å². The van der Waals surface area contributed by atoms with Crippen molar-refractivity contribution in [2.24, 2.45) is 11.7 Å². The van der Waals surface area contributed by atoms with Gasteiger partial charge in [-0.1, -0.05) is 12.1 Å². The highest BCUT2D eigenvalue weighted by molar-refractivity contribution is 5.98. The average molecular weight is 476 g/mol. The maximum absolute atomic E-state index is 12.9. The highest BCUT2D eigenvalue weighted by Gasteiger charge is 2.32. The zero-order valence-corrected chi connectivity index (χ0v) is 19.7. The van der Waals surface area contributed by atoms with Crippen molar-refractivity contribution in [3.8, 4) is 16.9 Å². The van der Waals surface area contributed by atoms with Gasteiger partial charge < -0.3 is 25.4 Å². The van der Waals surface area contributed by atoms with Crippen LogP contribution in [0.25, 0.3) is 22.0 Å². The van der Waals surface area contributed by atoms with Gasteiger partial charge in [-0.2, -0.15) is 0 Å². The van der Waals surface area contributed by atoms with Crippen molar-refractivity contribution >= 4 is 28.5 Å². The molecule has 2 aliphatic rings. The number of methoxy groups -OCH3 is 1. The Morgan fingerprint density at radius 2 is 1.86 bits per heavy atom. The first-order chi connectivity index (χ1) is 17.0. The molecule has 0 saturated carbocycles. The van der Waals surface area contributed by atoms with Crippen molar-refractivity contribution in [3.05, 3.63) is 48.3 Å². The summed E-state index contributed by atoms with van der Waals surface area (Å²) < 4.78 is 10.7. The topological polar surface area (TPSA) is 120 Å². The summed E-state index contributed by atoms with van der Waals surface area (Å²) in [5.74, 6) is 0.924. The molecule has 1 aromatic heterocycles. The molecule has 0 radical (unpaired) electrons. The zero-order valence-electron chi connectivity index (χ0n) is 19.7. The third-order valence-corrected chi connectivity index (χ3v) is 6.84. The number of rotatable bonds is 6. The number of fused-ring (bicyclic) bond motifs is 1. The highest BCUT2D eigenvalue weighted by Crippen LogP contribution is 2.31. The molecular formula is C26H29N5O4. The van der Waals surface area contributed by atoms with Gasteiger partial charge in [-0.25, -0.2) is 9.97 Å². The van der Waals surface area contributed by atoms with Crippen LogP contribution in [-0.2, 0) is 9.53 Å². The molecule has 0 spiro atoms. The molecule has 1 atom stereocenters. The molecule has 2 aliphatic heterocycles. The van der Waals surface area contributed by atoms with Crippen LogP contribution in [-0.4, -0.2) is 66.1 Å². The molecule has 9 nitrogen and oxygen atoms in total. The quantitative estimate of drug-likeness (QED) is 0.563. The number of aromatic nitrogens is 2. The number of nitrogens with two attached hydrogens (primary N) is 1. The number of benzene rings is 2. The van der Waals surface area contributed by atoms with E-state index in [4.69, 9.17) is 15.2 Å². The first-order valence-electron chi connectivity index (χ1n) is 11.9. The number of anilines is 1. The number of ether oxygens (including phenoxy) is 2. The molecule has 3 N–H and O–H groups in total. The molecule has 2 aromatic carbocycles. The van der Waals surface area contributed by atoms with E-state index in [0.717, 1.165) is 53.7 Å². The monoisotopic (exact) mass is 475 g/mol. The Bertz CT molecular complexity index is 1260. The molecule has 3 aromatic rings. The maximum atomic E-state index is 12.9. The molecule has 182 valence electrons. The van der Waals surface area contributed by atoms with Crippen molar-refractivity contribution in [2.75, 3.05) is 38.7 Å². The Kier molecular flexibility index (Phi) is 6.50. The molecule has 5 rings (SSSR count). The minimum atomic E-state index is -0.545. The molecular weight excluding hydrogens is 446 g/mol. The fraction of sp³-hybridized carbons (Fsp3) is 0.385. The van der Waals surface area contributed by atoms with Gasteiger partial charge in [-0.3, -0.25) is 9.59 Å². The minimum Gasteiger partial charge on any atom is -0.496 e. The van der Waals surface area contributed by atoms with Crippen LogP contribution in [0.4, 0.5) is 5.82 Å². The van der Waals surface area contributed by atoms with E-state index >= 15 is 0 Å². The number of likely N-dealkylation sites (tertiary alicyclic amines) is 1. The van der Waals surface area contributed by atoms with E-state index in [-0.39, 0.29) is 17.9 Å². The van der Waals surface area contributed by atoms with Crippen molar-refractivity contribution < 1.29 is 19.1 Å².